The molecule has 1 aromatic rings. The molecule has 0 aliphatic rings. The lowest BCUT2D eigenvalue weighted by atomic mass is 9.90. The first-order valence-corrected chi connectivity index (χ1v) is 5.04. The molecular formula is C12H15F3. The summed E-state index contributed by atoms with van der Waals surface area (Å²) in [5.41, 5.74) is 0.388. The van der Waals surface area contributed by atoms with Crippen molar-refractivity contribution in [3.05, 3.63) is 35.6 Å². The lowest BCUT2D eigenvalue weighted by molar-refractivity contribution is 0.104. The Balaban J connectivity index is 2.88. The molecule has 0 fully saturated rings. The Hall–Kier alpha value is -0.990. The van der Waals surface area contributed by atoms with Gasteiger partial charge in [0.15, 0.2) is 0 Å². The Kier molecular flexibility index (Phi) is 4.18. The molecule has 0 nitrogen and oxygen atoms in total. The molecule has 84 valence electrons. The van der Waals surface area contributed by atoms with E-state index in [1.807, 2.05) is 13.8 Å². The van der Waals surface area contributed by atoms with Crippen molar-refractivity contribution in [1.82, 2.24) is 0 Å². The summed E-state index contributed by atoms with van der Waals surface area (Å²) in [4.78, 5) is 0. The molecule has 15 heavy (non-hydrogen) atoms. The van der Waals surface area contributed by atoms with Gasteiger partial charge in [0.2, 0.25) is 6.43 Å². The molecule has 1 aromatic carbocycles. The van der Waals surface area contributed by atoms with Crippen LogP contribution >= 0.6 is 0 Å². The van der Waals surface area contributed by atoms with Crippen LogP contribution in [0.5, 0.6) is 0 Å². The van der Waals surface area contributed by atoms with Gasteiger partial charge in [-0.15, -0.1) is 0 Å². The van der Waals surface area contributed by atoms with E-state index in [0.29, 0.717) is 12.0 Å². The molecule has 1 unspecified atom stereocenters. The van der Waals surface area contributed by atoms with Crippen molar-refractivity contribution in [2.45, 2.75) is 32.6 Å². The highest BCUT2D eigenvalue weighted by atomic mass is 19.3. The average Bonchev–Trinajstić information content (AvgIpc) is 2.13. The van der Waals surface area contributed by atoms with Crippen LogP contribution in [0.25, 0.3) is 0 Å². The van der Waals surface area contributed by atoms with Gasteiger partial charge >= 0.3 is 0 Å². The number of hydrogen-bond donors (Lipinski definition) is 0. The summed E-state index contributed by atoms with van der Waals surface area (Å²) in [6, 6.07) is 5.49. The van der Waals surface area contributed by atoms with E-state index in [4.69, 9.17) is 0 Å². The van der Waals surface area contributed by atoms with Crippen LogP contribution in [0.15, 0.2) is 24.3 Å². The fraction of sp³-hybridized carbons (Fsp3) is 0.500. The second-order valence-electron chi connectivity index (χ2n) is 4.13. The van der Waals surface area contributed by atoms with Crippen molar-refractivity contribution < 1.29 is 13.2 Å². The Morgan fingerprint density at radius 3 is 2.33 bits per heavy atom. The Bertz CT molecular complexity index is 307. The van der Waals surface area contributed by atoms with Crippen LogP contribution in [-0.4, -0.2) is 6.43 Å². The second kappa shape index (κ2) is 5.19. The third kappa shape index (κ3) is 3.57. The first-order valence-electron chi connectivity index (χ1n) is 5.04. The minimum Gasteiger partial charge on any atom is -0.210 e. The van der Waals surface area contributed by atoms with E-state index < -0.39 is 18.2 Å². The van der Waals surface area contributed by atoms with Crippen LogP contribution in [0.3, 0.4) is 0 Å². The maximum atomic E-state index is 12.9. The smallest absolute Gasteiger partial charge is 0.210 e. The van der Waals surface area contributed by atoms with Crippen molar-refractivity contribution in [2.24, 2.45) is 5.92 Å². The molecule has 0 amide bonds. The van der Waals surface area contributed by atoms with Gasteiger partial charge in [0.05, 0.1) is 0 Å². The molecule has 1 rings (SSSR count). The van der Waals surface area contributed by atoms with Gasteiger partial charge in [0.1, 0.15) is 5.82 Å². The summed E-state index contributed by atoms with van der Waals surface area (Å²) in [7, 11) is 0. The molecule has 0 N–H and O–H groups in total. The lowest BCUT2D eigenvalue weighted by Crippen LogP contribution is -2.12. The Morgan fingerprint density at radius 2 is 1.87 bits per heavy atom. The van der Waals surface area contributed by atoms with E-state index in [1.54, 1.807) is 6.07 Å². The number of rotatable bonds is 4. The van der Waals surface area contributed by atoms with E-state index in [1.165, 1.54) is 18.2 Å². The largest absolute Gasteiger partial charge is 0.245 e. The van der Waals surface area contributed by atoms with Crippen LogP contribution in [-0.2, 0) is 0 Å². The molecule has 0 spiro atoms. The van der Waals surface area contributed by atoms with Gasteiger partial charge < -0.3 is 0 Å². The highest BCUT2D eigenvalue weighted by Crippen LogP contribution is 2.30. The van der Waals surface area contributed by atoms with Crippen LogP contribution in [0, 0.1) is 11.7 Å². The summed E-state index contributed by atoms with van der Waals surface area (Å²) < 4.78 is 38.4. The van der Waals surface area contributed by atoms with Gasteiger partial charge in [-0.05, 0) is 30.0 Å². The molecule has 0 aromatic heterocycles. The van der Waals surface area contributed by atoms with E-state index in [9.17, 15) is 13.2 Å². The maximum absolute atomic E-state index is 12.9. The molecule has 0 aliphatic carbocycles. The van der Waals surface area contributed by atoms with Gasteiger partial charge in [-0.1, -0.05) is 26.0 Å². The van der Waals surface area contributed by atoms with Crippen LogP contribution in [0.4, 0.5) is 13.2 Å². The first-order chi connectivity index (χ1) is 7.00. The minimum absolute atomic E-state index is 0.173. The van der Waals surface area contributed by atoms with E-state index in [0.717, 1.165) is 0 Å². The zero-order valence-corrected chi connectivity index (χ0v) is 8.88. The van der Waals surface area contributed by atoms with E-state index in [2.05, 4.69) is 0 Å². The van der Waals surface area contributed by atoms with Crippen molar-refractivity contribution in [2.75, 3.05) is 0 Å². The predicted octanol–water partition coefficient (Wildman–Crippen LogP) is 4.22. The monoisotopic (exact) mass is 216 g/mol. The van der Waals surface area contributed by atoms with Gasteiger partial charge in [0.25, 0.3) is 0 Å². The van der Waals surface area contributed by atoms with E-state index in [-0.39, 0.29) is 5.92 Å². The molecule has 0 bridgehead atoms. The summed E-state index contributed by atoms with van der Waals surface area (Å²) in [6.07, 6.45) is -2.06. The van der Waals surface area contributed by atoms with Gasteiger partial charge in [-0.3, -0.25) is 0 Å². The van der Waals surface area contributed by atoms with Gasteiger partial charge in [-0.25, -0.2) is 13.2 Å². The van der Waals surface area contributed by atoms with Crippen LogP contribution in [0.2, 0.25) is 0 Å². The zero-order chi connectivity index (χ0) is 11.4. The van der Waals surface area contributed by atoms with Crippen molar-refractivity contribution >= 4 is 0 Å². The molecular weight excluding hydrogens is 201 g/mol. The maximum Gasteiger partial charge on any atom is 0.245 e. The molecule has 0 saturated carbocycles. The number of benzene rings is 1. The molecule has 1 atom stereocenters. The van der Waals surface area contributed by atoms with Crippen LogP contribution in [0.1, 0.15) is 31.7 Å². The summed E-state index contributed by atoms with van der Waals surface area (Å²) >= 11 is 0. The standard InChI is InChI=1S/C12H15F3/c1-8(2)6-11(12(14)15)9-4-3-5-10(13)7-9/h3-5,7-8,11-12H,6H2,1-2H3. The fourth-order valence-corrected chi connectivity index (χ4v) is 1.63. The molecule has 0 saturated heterocycles. The first kappa shape index (κ1) is 12.1. The zero-order valence-electron chi connectivity index (χ0n) is 8.88. The SMILES string of the molecule is CC(C)CC(c1cccc(F)c1)C(F)F. The summed E-state index contributed by atoms with van der Waals surface area (Å²) in [5, 5.41) is 0. The quantitative estimate of drug-likeness (QED) is 0.706. The van der Waals surface area contributed by atoms with Crippen LogP contribution < -0.4 is 0 Å². The third-order valence-corrected chi connectivity index (χ3v) is 2.31. The minimum atomic E-state index is -2.44. The number of hydrogen-bond acceptors (Lipinski definition) is 0. The highest BCUT2D eigenvalue weighted by molar-refractivity contribution is 5.21. The average molecular weight is 216 g/mol. The molecule has 0 aliphatic heterocycles. The number of alkyl halides is 2. The molecule has 3 heteroatoms. The Morgan fingerprint density at radius 1 is 1.20 bits per heavy atom. The topological polar surface area (TPSA) is 0 Å². The fourth-order valence-electron chi connectivity index (χ4n) is 1.63. The molecule has 0 heterocycles. The van der Waals surface area contributed by atoms with Crippen molar-refractivity contribution in [1.29, 1.82) is 0 Å². The summed E-state index contributed by atoms with van der Waals surface area (Å²) in [5.74, 6) is -1.14. The highest BCUT2D eigenvalue weighted by Gasteiger charge is 2.23. The van der Waals surface area contributed by atoms with Gasteiger partial charge in [0, 0.05) is 5.92 Å². The summed E-state index contributed by atoms with van der Waals surface area (Å²) in [6.45, 7) is 3.77. The Labute approximate surface area is 88.1 Å². The van der Waals surface area contributed by atoms with Crippen molar-refractivity contribution in [3.8, 4) is 0 Å². The normalized spacial score (nSPS) is 13.5. The number of halogens is 3. The lowest BCUT2D eigenvalue weighted by Gasteiger charge is -2.18. The van der Waals surface area contributed by atoms with E-state index >= 15 is 0 Å². The molecule has 0 radical (unpaired) electrons. The third-order valence-electron chi connectivity index (χ3n) is 2.31. The predicted molar refractivity (Wildman–Crippen MR) is 54.6 cm³/mol. The van der Waals surface area contributed by atoms with Crippen molar-refractivity contribution in [3.63, 3.8) is 0 Å². The second-order valence-corrected chi connectivity index (χ2v) is 4.13. The van der Waals surface area contributed by atoms with Gasteiger partial charge in [-0.2, -0.15) is 0 Å².